The van der Waals surface area contributed by atoms with Crippen LogP contribution in [-0.2, 0) is 24.3 Å². The van der Waals surface area contributed by atoms with Gasteiger partial charge in [-0.15, -0.1) is 0 Å². The van der Waals surface area contributed by atoms with Crippen molar-refractivity contribution >= 4 is 38.7 Å². The number of fused-ring (bicyclic) bond motifs is 1. The van der Waals surface area contributed by atoms with Crippen molar-refractivity contribution in [3.63, 3.8) is 0 Å². The van der Waals surface area contributed by atoms with Gasteiger partial charge in [0.1, 0.15) is 17.2 Å². The van der Waals surface area contributed by atoms with Crippen molar-refractivity contribution in [1.82, 2.24) is 9.88 Å². The number of aryl methyl sites for hydroxylation is 1. The maximum absolute atomic E-state index is 13.5. The second-order valence-corrected chi connectivity index (χ2v) is 9.65. The summed E-state index contributed by atoms with van der Waals surface area (Å²) in [4.78, 5) is 25.2. The zero-order chi connectivity index (χ0) is 24.4. The number of aromatic nitrogens is 1. The summed E-state index contributed by atoms with van der Waals surface area (Å²) in [5.41, 5.74) is 3.93. The summed E-state index contributed by atoms with van der Waals surface area (Å²) in [5, 5.41) is 13.3. The van der Waals surface area contributed by atoms with Crippen molar-refractivity contribution in [3.8, 4) is 0 Å². The second kappa shape index (κ2) is 9.89. The Labute approximate surface area is 206 Å². The van der Waals surface area contributed by atoms with Gasteiger partial charge in [-0.05, 0) is 54.3 Å². The molecule has 0 spiro atoms. The molecule has 0 aliphatic heterocycles. The highest BCUT2D eigenvalue weighted by molar-refractivity contribution is 9.10. The number of carbonyl (C=O) groups is 2. The fraction of sp³-hybridized carbons (Fsp3) is 0.259. The molecule has 0 radical (unpaired) electrons. The molecule has 0 aliphatic rings. The summed E-state index contributed by atoms with van der Waals surface area (Å²) in [5.74, 6) is 0.500. The fourth-order valence-electron chi connectivity index (χ4n) is 4.17. The molecule has 0 unspecified atom stereocenters. The number of amides is 1. The maximum atomic E-state index is 13.5. The van der Waals surface area contributed by atoms with Crippen molar-refractivity contribution in [1.29, 1.82) is 0 Å². The van der Waals surface area contributed by atoms with E-state index in [1.54, 1.807) is 0 Å². The van der Waals surface area contributed by atoms with Gasteiger partial charge in [-0.1, -0.05) is 54.0 Å². The highest BCUT2D eigenvalue weighted by atomic mass is 79.9. The molecule has 4 aromatic rings. The third-order valence-corrected chi connectivity index (χ3v) is 6.37. The van der Waals surface area contributed by atoms with Crippen LogP contribution >= 0.6 is 15.9 Å². The van der Waals surface area contributed by atoms with Crippen LogP contribution in [0.15, 0.2) is 63.5 Å². The first-order chi connectivity index (χ1) is 16.2. The summed E-state index contributed by atoms with van der Waals surface area (Å²) >= 11 is 3.49. The molecular weight excluding hydrogens is 496 g/mol. The van der Waals surface area contributed by atoms with Gasteiger partial charge >= 0.3 is 5.97 Å². The third-order valence-electron chi connectivity index (χ3n) is 5.88. The Morgan fingerprint density at radius 2 is 1.82 bits per heavy atom. The van der Waals surface area contributed by atoms with Crippen LogP contribution in [0, 0.1) is 6.92 Å². The lowest BCUT2D eigenvalue weighted by Gasteiger charge is -2.13. The van der Waals surface area contributed by atoms with E-state index in [-0.39, 0.29) is 18.9 Å². The van der Waals surface area contributed by atoms with E-state index in [2.05, 4.69) is 59.4 Å². The van der Waals surface area contributed by atoms with E-state index >= 15 is 0 Å². The van der Waals surface area contributed by atoms with Crippen LogP contribution in [0.2, 0.25) is 0 Å². The van der Waals surface area contributed by atoms with Gasteiger partial charge in [0.2, 0.25) is 0 Å². The van der Waals surface area contributed by atoms with Crippen LogP contribution in [0.25, 0.3) is 10.9 Å². The first-order valence-corrected chi connectivity index (χ1v) is 12.0. The Bertz CT molecular complexity index is 1350. The van der Waals surface area contributed by atoms with E-state index in [9.17, 15) is 14.7 Å². The lowest BCUT2D eigenvalue weighted by atomic mass is 10.0. The molecule has 176 valence electrons. The second-order valence-electron chi connectivity index (χ2n) is 8.74. The lowest BCUT2D eigenvalue weighted by molar-refractivity contribution is -0.136. The van der Waals surface area contributed by atoms with Crippen LogP contribution in [0.3, 0.4) is 0 Å². The number of benzene rings is 2. The predicted octanol–water partition coefficient (Wildman–Crippen LogP) is 6.03. The number of furan rings is 1. The van der Waals surface area contributed by atoms with Crippen molar-refractivity contribution in [2.75, 3.05) is 0 Å². The Morgan fingerprint density at radius 3 is 2.44 bits per heavy atom. The molecular formula is C27H27BrN2O4. The normalized spacial score (nSPS) is 11.3. The molecule has 0 aliphatic carbocycles. The largest absolute Gasteiger partial charge is 0.481 e. The summed E-state index contributed by atoms with van der Waals surface area (Å²) in [6.07, 6.45) is -0.255. The number of hydrogen-bond donors (Lipinski definition) is 2. The molecule has 0 atom stereocenters. The quantitative estimate of drug-likeness (QED) is 0.295. The van der Waals surface area contributed by atoms with Crippen LogP contribution in [0.4, 0.5) is 0 Å². The predicted molar refractivity (Wildman–Crippen MR) is 135 cm³/mol. The van der Waals surface area contributed by atoms with Gasteiger partial charge in [-0.3, -0.25) is 9.59 Å². The summed E-state index contributed by atoms with van der Waals surface area (Å²) in [7, 11) is 0. The van der Waals surface area contributed by atoms with Crippen LogP contribution < -0.4 is 5.32 Å². The summed E-state index contributed by atoms with van der Waals surface area (Å²) in [6, 6.07) is 17.7. The highest BCUT2D eigenvalue weighted by Crippen LogP contribution is 2.31. The SMILES string of the molecule is Cc1ccc(CNC(=O)c2c(CC(=O)O)c3cc(Br)ccc3n2Cc2ccc(C(C)C)cc2)o1. The lowest BCUT2D eigenvalue weighted by Crippen LogP contribution is -2.27. The molecule has 0 fully saturated rings. The molecule has 0 saturated heterocycles. The first kappa shape index (κ1) is 23.8. The van der Waals surface area contributed by atoms with Gasteiger partial charge in [0.25, 0.3) is 5.91 Å². The van der Waals surface area contributed by atoms with Gasteiger partial charge in [0.05, 0.1) is 13.0 Å². The number of carboxylic acid groups (broad SMARTS) is 1. The zero-order valence-electron chi connectivity index (χ0n) is 19.4. The van der Waals surface area contributed by atoms with E-state index in [4.69, 9.17) is 4.42 Å². The number of aliphatic carboxylic acids is 1. The van der Waals surface area contributed by atoms with E-state index < -0.39 is 5.97 Å². The number of halogens is 1. The van der Waals surface area contributed by atoms with Crippen LogP contribution in [0.5, 0.6) is 0 Å². The summed E-state index contributed by atoms with van der Waals surface area (Å²) in [6.45, 7) is 6.80. The Hall–Kier alpha value is -3.32. The minimum absolute atomic E-state index is 0.216. The van der Waals surface area contributed by atoms with E-state index in [1.807, 2.05) is 41.8 Å². The summed E-state index contributed by atoms with van der Waals surface area (Å²) < 4.78 is 8.31. The van der Waals surface area contributed by atoms with Gasteiger partial charge in [0, 0.05) is 27.5 Å². The molecule has 2 aromatic heterocycles. The van der Waals surface area contributed by atoms with Gasteiger partial charge in [0.15, 0.2) is 0 Å². The van der Waals surface area contributed by atoms with E-state index in [0.29, 0.717) is 29.5 Å². The number of rotatable bonds is 8. The Kier molecular flexibility index (Phi) is 6.93. The van der Waals surface area contributed by atoms with Crippen LogP contribution in [0.1, 0.15) is 58.5 Å². The average Bonchev–Trinajstić information content (AvgIpc) is 3.33. The number of carbonyl (C=O) groups excluding carboxylic acids is 1. The van der Waals surface area contributed by atoms with Crippen molar-refractivity contribution in [2.24, 2.45) is 0 Å². The van der Waals surface area contributed by atoms with Gasteiger partial charge in [-0.2, -0.15) is 0 Å². The molecule has 2 aromatic carbocycles. The maximum Gasteiger partial charge on any atom is 0.307 e. The minimum Gasteiger partial charge on any atom is -0.481 e. The molecule has 0 bridgehead atoms. The van der Waals surface area contributed by atoms with Crippen LogP contribution in [-0.4, -0.2) is 21.6 Å². The standard InChI is InChI=1S/C27H27BrN2O4/c1-16(2)19-7-5-18(6-8-19)15-30-24-11-9-20(28)12-22(24)23(13-25(31)32)26(30)27(33)29-14-21-10-4-17(3)34-21/h4-12,16H,13-15H2,1-3H3,(H,29,33)(H,31,32). The average molecular weight is 523 g/mol. The van der Waals surface area contributed by atoms with E-state index in [0.717, 1.165) is 26.7 Å². The Balaban J connectivity index is 1.79. The number of hydrogen-bond acceptors (Lipinski definition) is 3. The topological polar surface area (TPSA) is 84.5 Å². The molecule has 2 heterocycles. The van der Waals surface area contributed by atoms with Gasteiger partial charge < -0.3 is 19.4 Å². The number of nitrogens with zero attached hydrogens (tertiary/aromatic N) is 1. The first-order valence-electron chi connectivity index (χ1n) is 11.2. The molecule has 4 rings (SSSR count). The number of carboxylic acids is 1. The minimum atomic E-state index is -0.990. The number of nitrogens with one attached hydrogen (secondary N) is 1. The van der Waals surface area contributed by atoms with Crippen molar-refractivity contribution in [3.05, 3.63) is 93.0 Å². The fourth-order valence-corrected chi connectivity index (χ4v) is 4.53. The molecule has 1 amide bonds. The molecule has 0 saturated carbocycles. The smallest absolute Gasteiger partial charge is 0.307 e. The van der Waals surface area contributed by atoms with Crippen molar-refractivity contribution in [2.45, 2.75) is 46.2 Å². The molecule has 6 nitrogen and oxygen atoms in total. The Morgan fingerprint density at radius 1 is 1.09 bits per heavy atom. The van der Waals surface area contributed by atoms with Crippen molar-refractivity contribution < 1.29 is 19.1 Å². The third kappa shape index (κ3) is 5.09. The molecule has 7 heteroatoms. The van der Waals surface area contributed by atoms with E-state index in [1.165, 1.54) is 5.56 Å². The highest BCUT2D eigenvalue weighted by Gasteiger charge is 2.25. The monoisotopic (exact) mass is 522 g/mol. The van der Waals surface area contributed by atoms with Gasteiger partial charge in [-0.25, -0.2) is 0 Å². The molecule has 2 N–H and O–H groups in total. The zero-order valence-corrected chi connectivity index (χ0v) is 21.0. The molecule has 34 heavy (non-hydrogen) atoms.